The van der Waals surface area contributed by atoms with Gasteiger partial charge in [-0.3, -0.25) is 4.79 Å². The SMILES string of the molecule is COc1ccc(CN(Cc2ccc(OC)cc2OC)S(=O)(=O)c2cc(NC(=O)c3c(N4CCCC(F)(F)CC4)nc4ccccc4c3OC)ccn2)c(OC)c1. The summed E-state index contributed by atoms with van der Waals surface area (Å²) < 4.78 is 87.0. The largest absolute Gasteiger partial charge is 0.497 e. The van der Waals surface area contributed by atoms with Crippen LogP contribution in [0.4, 0.5) is 20.3 Å². The number of pyridine rings is 2. The highest BCUT2D eigenvalue weighted by Gasteiger charge is 2.35. The molecule has 0 spiro atoms. The van der Waals surface area contributed by atoms with Gasteiger partial charge in [-0.05, 0) is 36.8 Å². The Kier molecular flexibility index (Phi) is 12.1. The van der Waals surface area contributed by atoms with Crippen LogP contribution in [0.15, 0.2) is 84.0 Å². The van der Waals surface area contributed by atoms with Crippen molar-refractivity contribution < 1.29 is 45.7 Å². The van der Waals surface area contributed by atoms with Gasteiger partial charge in [-0.2, -0.15) is 4.31 Å². The number of methoxy groups -OCH3 is 5. The Balaban J connectivity index is 1.38. The third-order valence-corrected chi connectivity index (χ3v) is 11.2. The molecule has 56 heavy (non-hydrogen) atoms. The van der Waals surface area contributed by atoms with Crippen LogP contribution in [-0.4, -0.2) is 83.2 Å². The van der Waals surface area contributed by atoms with Crippen molar-refractivity contribution in [3.8, 4) is 28.7 Å². The van der Waals surface area contributed by atoms with Gasteiger partial charge in [0.25, 0.3) is 15.9 Å². The number of halogens is 2. The van der Waals surface area contributed by atoms with E-state index in [1.807, 2.05) is 0 Å². The van der Waals surface area contributed by atoms with E-state index in [9.17, 15) is 22.0 Å². The highest BCUT2D eigenvalue weighted by Crippen LogP contribution is 2.38. The Labute approximate surface area is 324 Å². The zero-order chi connectivity index (χ0) is 40.0. The number of hydrogen-bond donors (Lipinski definition) is 1. The van der Waals surface area contributed by atoms with Gasteiger partial charge < -0.3 is 33.9 Å². The number of sulfonamides is 1. The van der Waals surface area contributed by atoms with Gasteiger partial charge in [-0.1, -0.05) is 24.3 Å². The van der Waals surface area contributed by atoms with Crippen LogP contribution in [0, 0.1) is 0 Å². The maximum absolute atomic E-state index is 14.6. The standard InChI is InChI=1S/C40H43F2N5O8S/c1-51-29-13-11-26(33(22-29)53-3)24-47(25-27-12-14-30(52-2)23-34(27)54-4)56(49,50)35-21-28(15-18-43-35)44-39(48)36-37(55-5)31-9-6-7-10-32(31)45-38(36)46-19-8-16-40(41,42)17-20-46/h6-7,9-15,18,21-23H,8,16-17,19-20,24-25H2,1-5H3,(H,43,44,48). The lowest BCUT2D eigenvalue weighted by Crippen LogP contribution is -2.31. The summed E-state index contributed by atoms with van der Waals surface area (Å²) in [6.07, 6.45) is 0.781. The maximum atomic E-state index is 14.6. The lowest BCUT2D eigenvalue weighted by Gasteiger charge is -2.26. The molecule has 0 bridgehead atoms. The number of carbonyl (C=O) groups is 1. The number of fused-ring (bicyclic) bond motifs is 1. The predicted molar refractivity (Wildman–Crippen MR) is 207 cm³/mol. The van der Waals surface area contributed by atoms with Gasteiger partial charge in [-0.25, -0.2) is 27.2 Å². The molecule has 0 saturated carbocycles. The first-order valence-electron chi connectivity index (χ1n) is 17.7. The van der Waals surface area contributed by atoms with Gasteiger partial charge in [0.15, 0.2) is 5.03 Å². The molecule has 0 radical (unpaired) electrons. The molecule has 16 heteroatoms. The minimum Gasteiger partial charge on any atom is -0.497 e. The fourth-order valence-electron chi connectivity index (χ4n) is 6.62. The normalized spacial score (nSPS) is 14.2. The van der Waals surface area contributed by atoms with Gasteiger partial charge in [0.2, 0.25) is 5.92 Å². The van der Waals surface area contributed by atoms with E-state index in [-0.39, 0.29) is 66.9 Å². The van der Waals surface area contributed by atoms with Gasteiger partial charge in [0, 0.05) is 85.6 Å². The minimum atomic E-state index is -4.40. The molecule has 1 saturated heterocycles. The topological polar surface area (TPSA) is 142 Å². The van der Waals surface area contributed by atoms with E-state index < -0.39 is 28.3 Å². The lowest BCUT2D eigenvalue weighted by molar-refractivity contribution is -0.0102. The molecule has 6 rings (SSSR count). The molecule has 3 aromatic carbocycles. The van der Waals surface area contributed by atoms with Crippen molar-refractivity contribution in [1.29, 1.82) is 0 Å². The van der Waals surface area contributed by atoms with Crippen LogP contribution in [0.3, 0.4) is 0 Å². The summed E-state index contributed by atoms with van der Waals surface area (Å²) in [5.41, 5.74) is 1.74. The molecular weight excluding hydrogens is 749 g/mol. The second kappa shape index (κ2) is 17.0. The Bertz CT molecular complexity index is 2270. The fraction of sp³-hybridized carbons (Fsp3) is 0.325. The first-order valence-corrected chi connectivity index (χ1v) is 19.1. The minimum absolute atomic E-state index is 0.0254. The van der Waals surface area contributed by atoms with Crippen molar-refractivity contribution in [1.82, 2.24) is 14.3 Å². The number of hydrogen-bond acceptors (Lipinski definition) is 11. The molecule has 1 aliphatic rings. The van der Waals surface area contributed by atoms with Crippen LogP contribution in [0.2, 0.25) is 0 Å². The van der Waals surface area contributed by atoms with E-state index in [0.29, 0.717) is 45.0 Å². The van der Waals surface area contributed by atoms with Crippen LogP contribution < -0.4 is 33.9 Å². The van der Waals surface area contributed by atoms with E-state index in [1.165, 1.54) is 58.2 Å². The first kappa shape index (κ1) is 39.9. The monoisotopic (exact) mass is 791 g/mol. The van der Waals surface area contributed by atoms with Crippen LogP contribution in [0.1, 0.15) is 40.7 Å². The van der Waals surface area contributed by atoms with Crippen molar-refractivity contribution in [2.75, 3.05) is 58.9 Å². The number of anilines is 2. The summed E-state index contributed by atoms with van der Waals surface area (Å²) in [4.78, 5) is 25.0. The highest BCUT2D eigenvalue weighted by atomic mass is 32.2. The summed E-state index contributed by atoms with van der Waals surface area (Å²) >= 11 is 0. The molecule has 1 aliphatic heterocycles. The smallest absolute Gasteiger partial charge is 0.263 e. The third-order valence-electron chi connectivity index (χ3n) is 9.55. The Morgan fingerprint density at radius 3 is 2.07 bits per heavy atom. The van der Waals surface area contributed by atoms with Crippen molar-refractivity contribution in [2.45, 2.75) is 43.3 Å². The molecule has 1 fully saturated rings. The van der Waals surface area contributed by atoms with E-state index in [1.54, 1.807) is 65.6 Å². The number of rotatable bonds is 14. The molecule has 13 nitrogen and oxygen atoms in total. The summed E-state index contributed by atoms with van der Waals surface area (Å²) in [6.45, 7) is -0.0642. The summed E-state index contributed by atoms with van der Waals surface area (Å²) in [6, 6.07) is 19.9. The van der Waals surface area contributed by atoms with E-state index >= 15 is 0 Å². The molecule has 0 aliphatic carbocycles. The Morgan fingerprint density at radius 1 is 0.821 bits per heavy atom. The van der Waals surface area contributed by atoms with Crippen LogP contribution in [0.5, 0.6) is 28.7 Å². The third kappa shape index (κ3) is 8.55. The second-order valence-electron chi connectivity index (χ2n) is 13.0. The summed E-state index contributed by atoms with van der Waals surface area (Å²) in [5.74, 6) is -1.27. The number of alkyl halides is 2. The molecule has 296 valence electrons. The molecule has 0 atom stereocenters. The number of aromatic nitrogens is 2. The van der Waals surface area contributed by atoms with Crippen LogP contribution in [0.25, 0.3) is 10.9 Å². The predicted octanol–water partition coefficient (Wildman–Crippen LogP) is 6.94. The van der Waals surface area contributed by atoms with E-state index in [0.717, 1.165) is 0 Å². The van der Waals surface area contributed by atoms with Gasteiger partial charge >= 0.3 is 0 Å². The number of amides is 1. The van der Waals surface area contributed by atoms with Crippen molar-refractivity contribution in [3.63, 3.8) is 0 Å². The molecule has 0 unspecified atom stereocenters. The van der Waals surface area contributed by atoms with Gasteiger partial charge in [-0.15, -0.1) is 0 Å². The summed E-state index contributed by atoms with van der Waals surface area (Å²) in [7, 11) is 3.00. The van der Waals surface area contributed by atoms with Crippen molar-refractivity contribution >= 4 is 38.3 Å². The first-order chi connectivity index (χ1) is 26.9. The number of ether oxygens (including phenoxy) is 5. The molecule has 1 N–H and O–H groups in total. The Hall–Kier alpha value is -5.74. The van der Waals surface area contributed by atoms with Gasteiger partial charge in [0.1, 0.15) is 40.1 Å². The Morgan fingerprint density at radius 2 is 1.46 bits per heavy atom. The average molecular weight is 792 g/mol. The van der Waals surface area contributed by atoms with Crippen LogP contribution >= 0.6 is 0 Å². The van der Waals surface area contributed by atoms with Crippen molar-refractivity contribution in [3.05, 3.63) is 95.7 Å². The maximum Gasteiger partial charge on any atom is 0.263 e. The number of nitrogens with one attached hydrogen (secondary N) is 1. The zero-order valence-electron chi connectivity index (χ0n) is 31.7. The molecule has 2 aromatic heterocycles. The fourth-order valence-corrected chi connectivity index (χ4v) is 7.97. The molecule has 3 heterocycles. The number of carbonyl (C=O) groups excluding carboxylic acids is 1. The van der Waals surface area contributed by atoms with E-state index in [4.69, 9.17) is 28.7 Å². The quantitative estimate of drug-likeness (QED) is 0.125. The van der Waals surface area contributed by atoms with Crippen molar-refractivity contribution in [2.24, 2.45) is 0 Å². The van der Waals surface area contributed by atoms with E-state index in [2.05, 4.69) is 10.3 Å². The highest BCUT2D eigenvalue weighted by molar-refractivity contribution is 7.89. The molecule has 1 amide bonds. The van der Waals surface area contributed by atoms with Gasteiger partial charge in [0.05, 0.1) is 41.1 Å². The second-order valence-corrected chi connectivity index (χ2v) is 14.9. The number of para-hydroxylation sites is 1. The molecular formula is C40H43F2N5O8S. The summed E-state index contributed by atoms with van der Waals surface area (Å²) in [5, 5.41) is 2.99. The molecule has 5 aromatic rings. The zero-order valence-corrected chi connectivity index (χ0v) is 32.5. The lowest BCUT2D eigenvalue weighted by atomic mass is 10.1. The number of nitrogens with zero attached hydrogens (tertiary/aromatic N) is 4. The van der Waals surface area contributed by atoms with Crippen LogP contribution in [-0.2, 0) is 23.1 Å². The average Bonchev–Trinajstić information content (AvgIpc) is 3.39. The number of benzene rings is 3.